The van der Waals surface area contributed by atoms with Gasteiger partial charge in [0.15, 0.2) is 17.1 Å². The van der Waals surface area contributed by atoms with E-state index in [1.807, 2.05) is 10.5 Å². The van der Waals surface area contributed by atoms with Crippen molar-refractivity contribution >= 4 is 34.8 Å². The zero-order chi connectivity index (χ0) is 22.0. The molecule has 0 aliphatic carbocycles. The average molecular weight is 446 g/mol. The summed E-state index contributed by atoms with van der Waals surface area (Å²) in [6, 6.07) is 7.03. The molecule has 1 aliphatic rings. The van der Waals surface area contributed by atoms with Crippen molar-refractivity contribution in [2.24, 2.45) is 5.92 Å². The monoisotopic (exact) mass is 445 g/mol. The third kappa shape index (κ3) is 4.18. The van der Waals surface area contributed by atoms with Gasteiger partial charge in [0.2, 0.25) is 17.6 Å². The van der Waals surface area contributed by atoms with E-state index in [0.29, 0.717) is 46.1 Å². The molecule has 1 aliphatic heterocycles. The molecule has 2 aromatic heterocycles. The number of pyridine rings is 1. The highest BCUT2D eigenvalue weighted by Crippen LogP contribution is 2.40. The number of nitrogens with zero attached hydrogens (tertiary/aromatic N) is 4. The molecular formula is C21H24ClN5O4. The van der Waals surface area contributed by atoms with Crippen molar-refractivity contribution in [2.75, 3.05) is 44.6 Å². The minimum absolute atomic E-state index is 0.0779. The second kappa shape index (κ2) is 8.89. The molecular weight excluding hydrogens is 422 g/mol. The highest BCUT2D eigenvalue weighted by Gasteiger charge is 2.28. The van der Waals surface area contributed by atoms with E-state index >= 15 is 0 Å². The van der Waals surface area contributed by atoms with Crippen molar-refractivity contribution < 1.29 is 19.0 Å². The first-order valence-corrected chi connectivity index (χ1v) is 10.3. The summed E-state index contributed by atoms with van der Waals surface area (Å²) in [6.07, 6.45) is 3.43. The Hall–Kier alpha value is -3.20. The van der Waals surface area contributed by atoms with E-state index in [9.17, 15) is 4.79 Å². The predicted octanol–water partition coefficient (Wildman–Crippen LogP) is 3.26. The van der Waals surface area contributed by atoms with Crippen molar-refractivity contribution in [3.63, 3.8) is 0 Å². The van der Waals surface area contributed by atoms with Crippen LogP contribution in [0.3, 0.4) is 0 Å². The third-order valence-corrected chi connectivity index (χ3v) is 5.58. The summed E-state index contributed by atoms with van der Waals surface area (Å²) in [4.78, 5) is 15.1. The van der Waals surface area contributed by atoms with E-state index in [1.54, 1.807) is 24.4 Å². The number of benzene rings is 1. The fourth-order valence-electron chi connectivity index (χ4n) is 3.84. The number of rotatable bonds is 6. The van der Waals surface area contributed by atoms with Gasteiger partial charge in [-0.1, -0.05) is 11.6 Å². The lowest BCUT2D eigenvalue weighted by Gasteiger charge is -2.32. The maximum atomic E-state index is 13.0. The quantitative estimate of drug-likeness (QED) is 0.622. The number of methoxy groups -OCH3 is 3. The van der Waals surface area contributed by atoms with Gasteiger partial charge in [-0.05, 0) is 25.0 Å². The predicted molar refractivity (Wildman–Crippen MR) is 118 cm³/mol. The highest BCUT2D eigenvalue weighted by atomic mass is 35.5. The van der Waals surface area contributed by atoms with Crippen LogP contribution in [0.15, 0.2) is 30.5 Å². The van der Waals surface area contributed by atoms with Crippen molar-refractivity contribution in [2.45, 2.75) is 12.8 Å². The van der Waals surface area contributed by atoms with E-state index in [0.717, 1.165) is 19.4 Å². The van der Waals surface area contributed by atoms with Gasteiger partial charge in [-0.15, -0.1) is 10.2 Å². The van der Waals surface area contributed by atoms with Gasteiger partial charge in [-0.3, -0.25) is 9.20 Å². The van der Waals surface area contributed by atoms with Crippen molar-refractivity contribution in [1.82, 2.24) is 14.6 Å². The van der Waals surface area contributed by atoms with Gasteiger partial charge in [0.25, 0.3) is 0 Å². The normalized spacial score (nSPS) is 16.3. The molecule has 164 valence electrons. The van der Waals surface area contributed by atoms with Crippen LogP contribution in [0.5, 0.6) is 17.2 Å². The first-order chi connectivity index (χ1) is 15.0. The number of fused-ring (bicyclic) bond motifs is 1. The molecule has 1 aromatic carbocycles. The molecule has 1 N–H and O–H groups in total. The summed E-state index contributed by atoms with van der Waals surface area (Å²) in [5.41, 5.74) is 1.29. The number of aromatic nitrogens is 3. The van der Waals surface area contributed by atoms with Gasteiger partial charge in [0.1, 0.15) is 0 Å². The van der Waals surface area contributed by atoms with Gasteiger partial charge in [-0.25, -0.2) is 0 Å². The maximum absolute atomic E-state index is 13.0. The molecule has 1 atom stereocenters. The molecule has 0 radical (unpaired) electrons. The molecule has 1 amide bonds. The van der Waals surface area contributed by atoms with Crippen LogP contribution in [0.2, 0.25) is 5.02 Å². The summed E-state index contributed by atoms with van der Waals surface area (Å²) in [6.45, 7) is 1.32. The molecule has 3 aromatic rings. The summed E-state index contributed by atoms with van der Waals surface area (Å²) < 4.78 is 17.9. The molecule has 10 heteroatoms. The summed E-state index contributed by atoms with van der Waals surface area (Å²) in [5, 5.41) is 12.1. The van der Waals surface area contributed by atoms with Crippen molar-refractivity contribution in [3.05, 3.63) is 35.5 Å². The molecule has 4 rings (SSSR count). The molecule has 1 fully saturated rings. The van der Waals surface area contributed by atoms with Crippen molar-refractivity contribution in [3.8, 4) is 17.2 Å². The van der Waals surface area contributed by atoms with Crippen LogP contribution >= 0.6 is 11.6 Å². The minimum atomic E-state index is -0.209. The number of piperidine rings is 1. The molecule has 31 heavy (non-hydrogen) atoms. The summed E-state index contributed by atoms with van der Waals surface area (Å²) >= 11 is 6.14. The topological polar surface area (TPSA) is 90.2 Å². The van der Waals surface area contributed by atoms with Gasteiger partial charge >= 0.3 is 0 Å². The number of hydrogen-bond acceptors (Lipinski definition) is 7. The number of carbonyl (C=O) groups excluding carboxylic acids is 1. The van der Waals surface area contributed by atoms with Crippen LogP contribution in [0.4, 0.5) is 11.6 Å². The summed E-state index contributed by atoms with van der Waals surface area (Å²) in [5.74, 6) is 1.83. The van der Waals surface area contributed by atoms with E-state index in [4.69, 9.17) is 25.8 Å². The number of hydrogen-bond donors (Lipinski definition) is 1. The molecule has 3 heterocycles. The smallest absolute Gasteiger partial charge is 0.231 e. The average Bonchev–Trinajstić information content (AvgIpc) is 3.21. The molecule has 9 nitrogen and oxygen atoms in total. The zero-order valence-electron chi connectivity index (χ0n) is 17.6. The van der Waals surface area contributed by atoms with Gasteiger partial charge in [0.05, 0.1) is 32.3 Å². The Bertz CT molecular complexity index is 1080. The fourth-order valence-corrected chi connectivity index (χ4v) is 4.00. The van der Waals surface area contributed by atoms with Crippen LogP contribution in [0, 0.1) is 5.92 Å². The van der Waals surface area contributed by atoms with E-state index in [-0.39, 0.29) is 11.8 Å². The first-order valence-electron chi connectivity index (χ1n) is 9.90. The minimum Gasteiger partial charge on any atom is -0.493 e. The lowest BCUT2D eigenvalue weighted by molar-refractivity contribution is -0.120. The van der Waals surface area contributed by atoms with Gasteiger partial charge in [0, 0.05) is 37.1 Å². The largest absolute Gasteiger partial charge is 0.493 e. The number of anilines is 2. The molecule has 0 spiro atoms. The SMILES string of the molecule is COc1cc(NC(=O)[C@@H]2CCCN(c3nnc4ccc(Cl)cn34)C2)cc(OC)c1OC. The Kier molecular flexibility index (Phi) is 6.03. The molecule has 1 saturated heterocycles. The van der Waals surface area contributed by atoms with Crippen LogP contribution in [-0.4, -0.2) is 54.9 Å². The van der Waals surface area contributed by atoms with Crippen LogP contribution < -0.4 is 24.4 Å². The number of ether oxygens (including phenoxy) is 3. The lowest BCUT2D eigenvalue weighted by Crippen LogP contribution is -2.41. The molecule has 0 bridgehead atoms. The van der Waals surface area contributed by atoms with Gasteiger partial charge < -0.3 is 24.4 Å². The van der Waals surface area contributed by atoms with E-state index in [2.05, 4.69) is 20.4 Å². The van der Waals surface area contributed by atoms with Crippen LogP contribution in [0.1, 0.15) is 12.8 Å². The Morgan fingerprint density at radius 2 is 1.87 bits per heavy atom. The Morgan fingerprint density at radius 1 is 1.13 bits per heavy atom. The van der Waals surface area contributed by atoms with Gasteiger partial charge in [-0.2, -0.15) is 0 Å². The fraction of sp³-hybridized carbons (Fsp3) is 0.381. The third-order valence-electron chi connectivity index (χ3n) is 5.36. The highest BCUT2D eigenvalue weighted by molar-refractivity contribution is 6.30. The lowest BCUT2D eigenvalue weighted by atomic mass is 9.97. The zero-order valence-corrected chi connectivity index (χ0v) is 18.3. The Labute approximate surface area is 184 Å². The van der Waals surface area contributed by atoms with E-state index < -0.39 is 0 Å². The maximum Gasteiger partial charge on any atom is 0.231 e. The standard InChI is InChI=1S/C21H24ClN5O4/c1-29-16-9-15(10-17(30-2)19(16)31-3)23-20(28)13-5-4-8-26(11-13)21-25-24-18-7-6-14(22)12-27(18)21/h6-7,9-10,12-13H,4-5,8,11H2,1-3H3,(H,23,28)/t13-/m1/s1. The summed E-state index contributed by atoms with van der Waals surface area (Å²) in [7, 11) is 4.62. The first kappa shape index (κ1) is 21.0. The van der Waals surface area contributed by atoms with Crippen LogP contribution in [-0.2, 0) is 4.79 Å². The number of amides is 1. The number of carbonyl (C=O) groups is 1. The second-order valence-corrected chi connectivity index (χ2v) is 7.70. The Balaban J connectivity index is 1.52. The molecule has 0 unspecified atom stereocenters. The number of halogens is 1. The second-order valence-electron chi connectivity index (χ2n) is 7.26. The van der Waals surface area contributed by atoms with E-state index in [1.165, 1.54) is 21.3 Å². The number of nitrogens with one attached hydrogen (secondary N) is 1. The van der Waals surface area contributed by atoms with Crippen molar-refractivity contribution in [1.29, 1.82) is 0 Å². The van der Waals surface area contributed by atoms with Crippen LogP contribution in [0.25, 0.3) is 5.65 Å². The Morgan fingerprint density at radius 3 is 2.55 bits per heavy atom. The molecule has 0 saturated carbocycles.